The van der Waals surface area contributed by atoms with Gasteiger partial charge in [-0.15, -0.1) is 0 Å². The van der Waals surface area contributed by atoms with Crippen LogP contribution in [0.2, 0.25) is 0 Å². The van der Waals surface area contributed by atoms with Gasteiger partial charge >= 0.3 is 6.18 Å². The number of alkyl halides is 3. The summed E-state index contributed by atoms with van der Waals surface area (Å²) in [6, 6.07) is 0. The van der Waals surface area contributed by atoms with E-state index in [0.29, 0.717) is 18.8 Å². The van der Waals surface area contributed by atoms with E-state index in [4.69, 9.17) is 0 Å². The van der Waals surface area contributed by atoms with Gasteiger partial charge in [0.05, 0.1) is 6.54 Å². The zero-order valence-corrected chi connectivity index (χ0v) is 9.54. The summed E-state index contributed by atoms with van der Waals surface area (Å²) in [5.41, 5.74) is 0. The molecule has 86 valence electrons. The van der Waals surface area contributed by atoms with Crippen molar-refractivity contribution in [2.75, 3.05) is 25.4 Å². The number of thiol groups is 1. The zero-order valence-electron chi connectivity index (χ0n) is 8.64. The molecule has 0 saturated carbocycles. The second kappa shape index (κ2) is 6.56. The van der Waals surface area contributed by atoms with Crippen LogP contribution in [-0.4, -0.2) is 36.5 Å². The van der Waals surface area contributed by atoms with Crippen molar-refractivity contribution in [1.29, 1.82) is 0 Å². The van der Waals surface area contributed by atoms with E-state index in [1.807, 2.05) is 6.92 Å². The fourth-order valence-electron chi connectivity index (χ4n) is 1.24. The molecule has 0 bridgehead atoms. The Morgan fingerprint density at radius 3 is 2.14 bits per heavy atom. The third-order valence-corrected chi connectivity index (χ3v) is 2.72. The Balaban J connectivity index is 4.01. The molecule has 0 heterocycles. The highest BCUT2D eigenvalue weighted by molar-refractivity contribution is 7.80. The van der Waals surface area contributed by atoms with Crippen LogP contribution in [0.25, 0.3) is 0 Å². The lowest BCUT2D eigenvalue weighted by Crippen LogP contribution is -2.37. The van der Waals surface area contributed by atoms with Gasteiger partial charge in [0, 0.05) is 6.54 Å². The summed E-state index contributed by atoms with van der Waals surface area (Å²) >= 11 is 4.11. The molecule has 5 heteroatoms. The standard InChI is InChI=1S/C9H18F3NS/c1-3-8(6-14)5-13(4-2)7-9(10,11)12/h8,14H,3-7H2,1-2H3. The van der Waals surface area contributed by atoms with Crippen molar-refractivity contribution in [3.63, 3.8) is 0 Å². The molecule has 0 aromatic carbocycles. The Hall–Kier alpha value is 0.100. The molecule has 0 N–H and O–H groups in total. The smallest absolute Gasteiger partial charge is 0.295 e. The summed E-state index contributed by atoms with van der Waals surface area (Å²) in [6.45, 7) is 3.83. The Morgan fingerprint density at radius 1 is 1.29 bits per heavy atom. The van der Waals surface area contributed by atoms with E-state index in [9.17, 15) is 13.2 Å². The van der Waals surface area contributed by atoms with Crippen LogP contribution in [0.15, 0.2) is 0 Å². The topological polar surface area (TPSA) is 3.24 Å². The third kappa shape index (κ3) is 6.54. The van der Waals surface area contributed by atoms with E-state index in [2.05, 4.69) is 12.6 Å². The summed E-state index contributed by atoms with van der Waals surface area (Å²) in [5.74, 6) is 0.894. The minimum absolute atomic E-state index is 0.251. The lowest BCUT2D eigenvalue weighted by molar-refractivity contribution is -0.146. The zero-order chi connectivity index (χ0) is 11.2. The van der Waals surface area contributed by atoms with Crippen LogP contribution >= 0.6 is 12.6 Å². The molecule has 14 heavy (non-hydrogen) atoms. The van der Waals surface area contributed by atoms with Crippen molar-refractivity contribution >= 4 is 12.6 Å². The molecule has 0 spiro atoms. The summed E-state index contributed by atoms with van der Waals surface area (Å²) in [6.07, 6.45) is -3.22. The number of nitrogens with zero attached hydrogens (tertiary/aromatic N) is 1. The molecule has 0 amide bonds. The molecule has 0 aliphatic rings. The monoisotopic (exact) mass is 229 g/mol. The van der Waals surface area contributed by atoms with E-state index >= 15 is 0 Å². The SMILES string of the molecule is CCC(CS)CN(CC)CC(F)(F)F. The number of hydrogen-bond donors (Lipinski definition) is 1. The van der Waals surface area contributed by atoms with Crippen LogP contribution < -0.4 is 0 Å². The van der Waals surface area contributed by atoms with Crippen molar-refractivity contribution in [2.45, 2.75) is 26.4 Å². The number of rotatable bonds is 6. The molecule has 0 saturated heterocycles. The van der Waals surface area contributed by atoms with Crippen LogP contribution in [0.5, 0.6) is 0 Å². The van der Waals surface area contributed by atoms with Gasteiger partial charge in [-0.1, -0.05) is 20.3 Å². The van der Waals surface area contributed by atoms with E-state index in [-0.39, 0.29) is 5.92 Å². The highest BCUT2D eigenvalue weighted by Gasteiger charge is 2.30. The highest BCUT2D eigenvalue weighted by Crippen LogP contribution is 2.18. The highest BCUT2D eigenvalue weighted by atomic mass is 32.1. The summed E-state index contributed by atoms with van der Waals surface area (Å²) in [5, 5.41) is 0. The maximum Gasteiger partial charge on any atom is 0.401 e. The first kappa shape index (κ1) is 14.1. The van der Waals surface area contributed by atoms with E-state index in [1.165, 1.54) is 4.90 Å². The van der Waals surface area contributed by atoms with Gasteiger partial charge < -0.3 is 0 Å². The quantitative estimate of drug-likeness (QED) is 0.685. The van der Waals surface area contributed by atoms with Gasteiger partial charge in [-0.3, -0.25) is 4.90 Å². The van der Waals surface area contributed by atoms with E-state index in [1.54, 1.807) is 6.92 Å². The molecule has 0 aliphatic carbocycles. The van der Waals surface area contributed by atoms with E-state index < -0.39 is 12.7 Å². The van der Waals surface area contributed by atoms with Gasteiger partial charge in [0.1, 0.15) is 0 Å². The third-order valence-electron chi connectivity index (χ3n) is 2.20. The fraction of sp³-hybridized carbons (Fsp3) is 1.00. The lowest BCUT2D eigenvalue weighted by Gasteiger charge is -2.25. The lowest BCUT2D eigenvalue weighted by atomic mass is 10.1. The maximum absolute atomic E-state index is 12.1. The first-order valence-electron chi connectivity index (χ1n) is 4.82. The number of halogens is 3. The van der Waals surface area contributed by atoms with Crippen LogP contribution in [0, 0.1) is 5.92 Å². The second-order valence-corrected chi connectivity index (χ2v) is 3.76. The normalized spacial score (nSPS) is 14.8. The van der Waals surface area contributed by atoms with Crippen molar-refractivity contribution in [3.8, 4) is 0 Å². The van der Waals surface area contributed by atoms with Gasteiger partial charge in [-0.25, -0.2) is 0 Å². The maximum atomic E-state index is 12.1. The van der Waals surface area contributed by atoms with Gasteiger partial charge in [-0.05, 0) is 18.2 Å². The molecule has 0 aromatic heterocycles. The summed E-state index contributed by atoms with van der Waals surface area (Å²) < 4.78 is 36.3. The Labute approximate surface area is 89.1 Å². The first-order valence-corrected chi connectivity index (χ1v) is 5.46. The van der Waals surface area contributed by atoms with Crippen LogP contribution in [-0.2, 0) is 0 Å². The van der Waals surface area contributed by atoms with E-state index in [0.717, 1.165) is 6.42 Å². The van der Waals surface area contributed by atoms with Crippen molar-refractivity contribution in [1.82, 2.24) is 4.90 Å². The Morgan fingerprint density at radius 2 is 1.86 bits per heavy atom. The molecule has 0 rings (SSSR count). The average Bonchev–Trinajstić information content (AvgIpc) is 2.10. The minimum atomic E-state index is -4.09. The van der Waals surface area contributed by atoms with Crippen molar-refractivity contribution in [3.05, 3.63) is 0 Å². The molecule has 0 radical (unpaired) electrons. The predicted molar refractivity (Wildman–Crippen MR) is 55.8 cm³/mol. The summed E-state index contributed by atoms with van der Waals surface area (Å²) in [7, 11) is 0. The predicted octanol–water partition coefficient (Wildman–Crippen LogP) is 2.83. The summed E-state index contributed by atoms with van der Waals surface area (Å²) in [4.78, 5) is 1.42. The molecular formula is C9H18F3NS. The van der Waals surface area contributed by atoms with Crippen LogP contribution in [0.4, 0.5) is 13.2 Å². The fourth-order valence-corrected chi connectivity index (χ4v) is 1.61. The molecule has 0 aliphatic heterocycles. The van der Waals surface area contributed by atoms with Gasteiger partial charge in [0.25, 0.3) is 0 Å². The largest absolute Gasteiger partial charge is 0.401 e. The van der Waals surface area contributed by atoms with Crippen molar-refractivity contribution < 1.29 is 13.2 Å². The minimum Gasteiger partial charge on any atom is -0.295 e. The molecule has 1 unspecified atom stereocenters. The van der Waals surface area contributed by atoms with Crippen LogP contribution in [0.1, 0.15) is 20.3 Å². The molecular weight excluding hydrogens is 211 g/mol. The first-order chi connectivity index (χ1) is 6.42. The van der Waals surface area contributed by atoms with Gasteiger partial charge in [0.2, 0.25) is 0 Å². The number of hydrogen-bond acceptors (Lipinski definition) is 2. The molecule has 0 fully saturated rings. The second-order valence-electron chi connectivity index (χ2n) is 3.40. The molecule has 0 aromatic rings. The van der Waals surface area contributed by atoms with Crippen molar-refractivity contribution in [2.24, 2.45) is 5.92 Å². The molecule has 1 atom stereocenters. The van der Waals surface area contributed by atoms with Gasteiger partial charge in [0.15, 0.2) is 0 Å². The van der Waals surface area contributed by atoms with Crippen LogP contribution in [0.3, 0.4) is 0 Å². The Kier molecular flexibility index (Phi) is 6.61. The molecule has 1 nitrogen and oxygen atoms in total. The van der Waals surface area contributed by atoms with Gasteiger partial charge in [-0.2, -0.15) is 25.8 Å². The Bertz CT molecular complexity index is 145. The average molecular weight is 229 g/mol.